The third kappa shape index (κ3) is 1.65. The van der Waals surface area contributed by atoms with E-state index in [0.717, 1.165) is 4.57 Å². The molecule has 3 nitrogen and oxygen atoms in total. The zero-order valence-electron chi connectivity index (χ0n) is 8.26. The third-order valence-corrected chi connectivity index (χ3v) is 2.22. The Kier molecular flexibility index (Phi) is 2.64. The summed E-state index contributed by atoms with van der Waals surface area (Å²) in [6.07, 6.45) is 1.88. The summed E-state index contributed by atoms with van der Waals surface area (Å²) in [5, 5.41) is 0. The number of pyridine rings is 1. The summed E-state index contributed by atoms with van der Waals surface area (Å²) >= 11 is 0. The number of aromatic nitrogens is 1. The molecule has 0 atom stereocenters. The zero-order chi connectivity index (χ0) is 11.5. The summed E-state index contributed by atoms with van der Waals surface area (Å²) in [4.78, 5) is 22.3. The highest BCUT2D eigenvalue weighted by molar-refractivity contribution is 5.74. The smallest absolute Gasteiger partial charge is 0.265 e. The standard InChI is InChI=1S/C12H8FNO2/c13-10-5-1-2-6-11(10)14-7-3-4-9(8-15)12(14)16/h1-8H. The van der Waals surface area contributed by atoms with Crippen LogP contribution in [0.15, 0.2) is 47.4 Å². The van der Waals surface area contributed by atoms with Gasteiger partial charge >= 0.3 is 0 Å². The predicted molar refractivity (Wildman–Crippen MR) is 57.4 cm³/mol. The predicted octanol–water partition coefficient (Wildman–Crippen LogP) is 1.79. The van der Waals surface area contributed by atoms with E-state index in [1.807, 2.05) is 0 Å². The molecule has 0 aliphatic heterocycles. The number of para-hydroxylation sites is 1. The van der Waals surface area contributed by atoms with Gasteiger partial charge in [-0.2, -0.15) is 0 Å². The lowest BCUT2D eigenvalue weighted by molar-refractivity contribution is 0.112. The molecule has 80 valence electrons. The van der Waals surface area contributed by atoms with Crippen LogP contribution in [0, 0.1) is 5.82 Å². The van der Waals surface area contributed by atoms with Crippen molar-refractivity contribution in [3.05, 3.63) is 64.3 Å². The molecule has 1 aromatic heterocycles. The first-order valence-corrected chi connectivity index (χ1v) is 4.66. The number of nitrogens with zero attached hydrogens (tertiary/aromatic N) is 1. The SMILES string of the molecule is O=Cc1cccn(-c2ccccc2F)c1=O. The summed E-state index contributed by atoms with van der Waals surface area (Å²) in [6, 6.07) is 8.82. The van der Waals surface area contributed by atoms with Crippen molar-refractivity contribution >= 4 is 6.29 Å². The molecule has 16 heavy (non-hydrogen) atoms. The van der Waals surface area contributed by atoms with Crippen LogP contribution in [0.5, 0.6) is 0 Å². The molecule has 1 aromatic carbocycles. The van der Waals surface area contributed by atoms with Crippen LogP contribution >= 0.6 is 0 Å². The maximum absolute atomic E-state index is 13.4. The highest BCUT2D eigenvalue weighted by Crippen LogP contribution is 2.10. The van der Waals surface area contributed by atoms with Gasteiger partial charge in [0, 0.05) is 6.20 Å². The lowest BCUT2D eigenvalue weighted by Crippen LogP contribution is -2.21. The van der Waals surface area contributed by atoms with Gasteiger partial charge in [-0.15, -0.1) is 0 Å². The molecule has 0 fully saturated rings. The molecule has 2 aromatic rings. The molecule has 0 N–H and O–H groups in total. The Labute approximate surface area is 90.8 Å². The number of hydrogen-bond donors (Lipinski definition) is 0. The van der Waals surface area contributed by atoms with Gasteiger partial charge < -0.3 is 0 Å². The van der Waals surface area contributed by atoms with Gasteiger partial charge in [0.25, 0.3) is 5.56 Å². The number of carbonyl (C=O) groups excluding carboxylic acids is 1. The second-order valence-corrected chi connectivity index (χ2v) is 3.21. The van der Waals surface area contributed by atoms with Crippen molar-refractivity contribution in [2.75, 3.05) is 0 Å². The fourth-order valence-electron chi connectivity index (χ4n) is 1.44. The molecule has 1 heterocycles. The summed E-state index contributed by atoms with van der Waals surface area (Å²) in [5.41, 5.74) is -0.385. The first kappa shape index (κ1) is 10.3. The van der Waals surface area contributed by atoms with Crippen molar-refractivity contribution < 1.29 is 9.18 Å². The second kappa shape index (κ2) is 4.10. The van der Waals surface area contributed by atoms with E-state index in [1.165, 1.54) is 36.5 Å². The van der Waals surface area contributed by atoms with E-state index in [4.69, 9.17) is 0 Å². The minimum Gasteiger partial charge on any atom is -0.298 e. The Morgan fingerprint density at radius 2 is 1.88 bits per heavy atom. The van der Waals surface area contributed by atoms with Gasteiger partial charge in [0.2, 0.25) is 0 Å². The Hall–Kier alpha value is -2.23. The van der Waals surface area contributed by atoms with Crippen LogP contribution in [0.4, 0.5) is 4.39 Å². The molecular weight excluding hydrogens is 209 g/mol. The maximum atomic E-state index is 13.4. The average Bonchev–Trinajstić information content (AvgIpc) is 2.31. The average molecular weight is 217 g/mol. The maximum Gasteiger partial charge on any atom is 0.265 e. The fourth-order valence-corrected chi connectivity index (χ4v) is 1.44. The highest BCUT2D eigenvalue weighted by Gasteiger charge is 2.07. The number of halogens is 1. The number of carbonyl (C=O) groups is 1. The van der Waals surface area contributed by atoms with Gasteiger partial charge in [-0.25, -0.2) is 4.39 Å². The highest BCUT2D eigenvalue weighted by atomic mass is 19.1. The van der Waals surface area contributed by atoms with E-state index in [9.17, 15) is 14.0 Å². The van der Waals surface area contributed by atoms with Crippen LogP contribution in [-0.2, 0) is 0 Å². The summed E-state index contributed by atoms with van der Waals surface area (Å²) in [5.74, 6) is -0.507. The molecule has 0 saturated carbocycles. The van der Waals surface area contributed by atoms with Crippen LogP contribution in [0.2, 0.25) is 0 Å². The molecule has 0 aliphatic rings. The normalized spacial score (nSPS) is 10.1. The first-order valence-electron chi connectivity index (χ1n) is 4.66. The molecule has 0 spiro atoms. The number of benzene rings is 1. The summed E-state index contributed by atoms with van der Waals surface area (Å²) < 4.78 is 14.6. The van der Waals surface area contributed by atoms with Crippen molar-refractivity contribution in [2.24, 2.45) is 0 Å². The van der Waals surface area contributed by atoms with E-state index in [2.05, 4.69) is 0 Å². The van der Waals surface area contributed by atoms with Crippen LogP contribution in [0.1, 0.15) is 10.4 Å². The van der Waals surface area contributed by atoms with Crippen LogP contribution in [0.25, 0.3) is 5.69 Å². The first-order chi connectivity index (χ1) is 7.74. The lowest BCUT2D eigenvalue weighted by atomic mass is 10.2. The van der Waals surface area contributed by atoms with E-state index < -0.39 is 11.4 Å². The molecular formula is C12H8FNO2. The van der Waals surface area contributed by atoms with E-state index >= 15 is 0 Å². The van der Waals surface area contributed by atoms with Crippen LogP contribution in [-0.4, -0.2) is 10.9 Å². The van der Waals surface area contributed by atoms with Crippen molar-refractivity contribution in [3.8, 4) is 5.69 Å². The van der Waals surface area contributed by atoms with Crippen molar-refractivity contribution in [1.29, 1.82) is 0 Å². The van der Waals surface area contributed by atoms with E-state index in [0.29, 0.717) is 6.29 Å². The topological polar surface area (TPSA) is 39.1 Å². The van der Waals surface area contributed by atoms with Crippen molar-refractivity contribution in [3.63, 3.8) is 0 Å². The fraction of sp³-hybridized carbons (Fsp3) is 0. The van der Waals surface area contributed by atoms with Gasteiger partial charge in [-0.1, -0.05) is 12.1 Å². The van der Waals surface area contributed by atoms with E-state index in [1.54, 1.807) is 6.07 Å². The van der Waals surface area contributed by atoms with Gasteiger partial charge in [-0.05, 0) is 24.3 Å². The molecule has 2 rings (SSSR count). The Bertz CT molecular complexity index is 590. The Balaban J connectivity index is 2.71. The molecule has 0 amide bonds. The number of aldehydes is 1. The van der Waals surface area contributed by atoms with Crippen molar-refractivity contribution in [2.45, 2.75) is 0 Å². The van der Waals surface area contributed by atoms with Gasteiger partial charge in [-0.3, -0.25) is 14.2 Å². The molecule has 0 aliphatic carbocycles. The van der Waals surface area contributed by atoms with E-state index in [-0.39, 0.29) is 11.3 Å². The zero-order valence-corrected chi connectivity index (χ0v) is 8.26. The largest absolute Gasteiger partial charge is 0.298 e. The summed E-state index contributed by atoms with van der Waals surface area (Å²) in [7, 11) is 0. The summed E-state index contributed by atoms with van der Waals surface area (Å²) in [6.45, 7) is 0. The Morgan fingerprint density at radius 3 is 2.56 bits per heavy atom. The van der Waals surface area contributed by atoms with Gasteiger partial charge in [0.15, 0.2) is 6.29 Å². The number of hydrogen-bond acceptors (Lipinski definition) is 2. The molecule has 4 heteroatoms. The van der Waals surface area contributed by atoms with Gasteiger partial charge in [0.1, 0.15) is 5.82 Å². The minimum absolute atomic E-state index is 0.00533. The van der Waals surface area contributed by atoms with Crippen molar-refractivity contribution in [1.82, 2.24) is 4.57 Å². The number of rotatable bonds is 2. The lowest BCUT2D eigenvalue weighted by Gasteiger charge is -2.06. The molecule has 0 radical (unpaired) electrons. The second-order valence-electron chi connectivity index (χ2n) is 3.21. The third-order valence-electron chi connectivity index (χ3n) is 2.22. The van der Waals surface area contributed by atoms with Crippen LogP contribution < -0.4 is 5.56 Å². The molecule has 0 saturated heterocycles. The Morgan fingerprint density at radius 1 is 1.12 bits per heavy atom. The molecule has 0 unspecified atom stereocenters. The quantitative estimate of drug-likeness (QED) is 0.719. The monoisotopic (exact) mass is 217 g/mol. The van der Waals surface area contributed by atoms with Crippen LogP contribution in [0.3, 0.4) is 0 Å². The molecule has 0 bridgehead atoms. The minimum atomic E-state index is -0.525. The van der Waals surface area contributed by atoms with Gasteiger partial charge in [0.05, 0.1) is 11.3 Å².